The van der Waals surface area contributed by atoms with E-state index in [1.165, 1.54) is 23.5 Å². The largest absolute Gasteiger partial charge is 0.497 e. The molecule has 1 saturated carbocycles. The van der Waals surface area contributed by atoms with Crippen molar-refractivity contribution in [1.82, 2.24) is 9.62 Å². The predicted molar refractivity (Wildman–Crippen MR) is 115 cm³/mol. The Hall–Kier alpha value is -2.91. The predicted octanol–water partition coefficient (Wildman–Crippen LogP) is 2.38. The molecule has 1 atom stereocenters. The highest BCUT2D eigenvalue weighted by Crippen LogP contribution is 2.28. The van der Waals surface area contributed by atoms with E-state index in [-0.39, 0.29) is 23.4 Å². The molecule has 1 aliphatic carbocycles. The van der Waals surface area contributed by atoms with Crippen LogP contribution in [0.5, 0.6) is 5.75 Å². The van der Waals surface area contributed by atoms with Gasteiger partial charge in [-0.2, -0.15) is 4.31 Å². The van der Waals surface area contributed by atoms with Gasteiger partial charge in [0.15, 0.2) is 0 Å². The Morgan fingerprint density at radius 2 is 1.81 bits per heavy atom. The van der Waals surface area contributed by atoms with E-state index < -0.39 is 22.0 Å². The monoisotopic (exact) mass is 443 g/mol. The molecule has 2 fully saturated rings. The number of ether oxygens (including phenoxy) is 1. The molecule has 0 unspecified atom stereocenters. The molecule has 1 saturated heterocycles. The van der Waals surface area contributed by atoms with Gasteiger partial charge in [-0.15, -0.1) is 0 Å². The van der Waals surface area contributed by atoms with E-state index >= 15 is 0 Å². The molecule has 2 amide bonds. The van der Waals surface area contributed by atoms with Gasteiger partial charge in [-0.3, -0.25) is 9.59 Å². The lowest BCUT2D eigenvalue weighted by Crippen LogP contribution is -2.43. The maximum Gasteiger partial charge on any atom is 0.251 e. The average molecular weight is 444 g/mol. The molecule has 2 aromatic rings. The smallest absolute Gasteiger partial charge is 0.251 e. The van der Waals surface area contributed by atoms with Crippen LogP contribution in [0.1, 0.15) is 36.0 Å². The topological polar surface area (TPSA) is 105 Å². The Labute approximate surface area is 181 Å². The summed E-state index contributed by atoms with van der Waals surface area (Å²) in [5.74, 6) is -0.0298. The fourth-order valence-corrected chi connectivity index (χ4v) is 5.29. The minimum atomic E-state index is -3.83. The second-order valence-electron chi connectivity index (χ2n) is 7.77. The standard InChI is InChI=1S/C22H25N3O5S/c1-30-18-9-11-19(12-10-18)31(28,29)25-13-3-6-20(25)22(27)24-17-5-2-4-15(14-17)21(26)23-16-7-8-16/h2,4-5,9-12,14,16,20H,3,6-8,13H2,1H3,(H,23,26)(H,24,27)/t20-/m1/s1. The number of amides is 2. The van der Waals surface area contributed by atoms with Crippen LogP contribution in [-0.4, -0.2) is 50.3 Å². The van der Waals surface area contributed by atoms with Crippen molar-refractivity contribution in [3.8, 4) is 5.75 Å². The zero-order valence-electron chi connectivity index (χ0n) is 17.2. The molecule has 8 nitrogen and oxygen atoms in total. The van der Waals surface area contributed by atoms with Crippen molar-refractivity contribution >= 4 is 27.5 Å². The van der Waals surface area contributed by atoms with Crippen LogP contribution in [0.4, 0.5) is 5.69 Å². The second kappa shape index (κ2) is 8.68. The van der Waals surface area contributed by atoms with Crippen LogP contribution in [-0.2, 0) is 14.8 Å². The second-order valence-corrected chi connectivity index (χ2v) is 9.66. The van der Waals surface area contributed by atoms with Crippen molar-refractivity contribution in [3.05, 3.63) is 54.1 Å². The number of carbonyl (C=O) groups is 2. The third-order valence-electron chi connectivity index (χ3n) is 5.48. The van der Waals surface area contributed by atoms with Gasteiger partial charge in [-0.25, -0.2) is 8.42 Å². The van der Waals surface area contributed by atoms with E-state index in [4.69, 9.17) is 4.74 Å². The van der Waals surface area contributed by atoms with Crippen LogP contribution in [0, 0.1) is 0 Å². The Balaban J connectivity index is 1.48. The third-order valence-corrected chi connectivity index (χ3v) is 7.40. The number of methoxy groups -OCH3 is 1. The van der Waals surface area contributed by atoms with Gasteiger partial charge in [-0.1, -0.05) is 6.07 Å². The zero-order valence-corrected chi connectivity index (χ0v) is 18.0. The van der Waals surface area contributed by atoms with Crippen LogP contribution in [0.3, 0.4) is 0 Å². The molecule has 2 aromatic carbocycles. The number of hydrogen-bond acceptors (Lipinski definition) is 5. The van der Waals surface area contributed by atoms with Crippen molar-refractivity contribution in [2.45, 2.75) is 42.7 Å². The third kappa shape index (κ3) is 4.72. The quantitative estimate of drug-likeness (QED) is 0.684. The van der Waals surface area contributed by atoms with Gasteiger partial charge < -0.3 is 15.4 Å². The van der Waals surface area contributed by atoms with E-state index in [1.54, 1.807) is 36.4 Å². The van der Waals surface area contributed by atoms with E-state index in [9.17, 15) is 18.0 Å². The number of sulfonamides is 1. The lowest BCUT2D eigenvalue weighted by atomic mass is 10.1. The van der Waals surface area contributed by atoms with Crippen molar-refractivity contribution in [2.24, 2.45) is 0 Å². The van der Waals surface area contributed by atoms with Gasteiger partial charge in [-0.05, 0) is 68.1 Å². The fourth-order valence-electron chi connectivity index (χ4n) is 3.63. The van der Waals surface area contributed by atoms with E-state index in [0.717, 1.165) is 12.8 Å². The van der Waals surface area contributed by atoms with Crippen LogP contribution >= 0.6 is 0 Å². The SMILES string of the molecule is COc1ccc(S(=O)(=O)N2CCC[C@@H]2C(=O)Nc2cccc(C(=O)NC3CC3)c2)cc1. The highest BCUT2D eigenvalue weighted by Gasteiger charge is 2.39. The molecule has 164 valence electrons. The molecule has 0 bridgehead atoms. The Kier molecular flexibility index (Phi) is 5.97. The maximum absolute atomic E-state index is 13.1. The van der Waals surface area contributed by atoms with Crippen molar-refractivity contribution in [3.63, 3.8) is 0 Å². The number of nitrogens with zero attached hydrogens (tertiary/aromatic N) is 1. The Morgan fingerprint density at radius 3 is 2.48 bits per heavy atom. The van der Waals surface area contributed by atoms with Crippen LogP contribution < -0.4 is 15.4 Å². The highest BCUT2D eigenvalue weighted by molar-refractivity contribution is 7.89. The van der Waals surface area contributed by atoms with Gasteiger partial charge in [0.1, 0.15) is 11.8 Å². The summed E-state index contributed by atoms with van der Waals surface area (Å²) in [6.45, 7) is 0.274. The summed E-state index contributed by atoms with van der Waals surface area (Å²) in [7, 11) is -2.32. The van der Waals surface area contributed by atoms with Crippen LogP contribution in [0.2, 0.25) is 0 Å². The molecule has 9 heteroatoms. The van der Waals surface area contributed by atoms with Crippen molar-refractivity contribution in [2.75, 3.05) is 19.0 Å². The van der Waals surface area contributed by atoms with Crippen LogP contribution in [0.15, 0.2) is 53.4 Å². The minimum Gasteiger partial charge on any atom is -0.497 e. The van der Waals surface area contributed by atoms with Crippen molar-refractivity contribution in [1.29, 1.82) is 0 Å². The number of rotatable bonds is 7. The molecule has 0 radical (unpaired) electrons. The fraction of sp³-hybridized carbons (Fsp3) is 0.364. The lowest BCUT2D eigenvalue weighted by Gasteiger charge is -2.23. The molecule has 2 N–H and O–H groups in total. The maximum atomic E-state index is 13.1. The summed E-state index contributed by atoms with van der Waals surface area (Å²) < 4.78 is 32.5. The molecular formula is C22H25N3O5S. The van der Waals surface area contributed by atoms with E-state index in [2.05, 4.69) is 10.6 Å². The Bertz CT molecular complexity index is 1080. The van der Waals surface area contributed by atoms with Gasteiger partial charge in [0.05, 0.1) is 12.0 Å². The highest BCUT2D eigenvalue weighted by atomic mass is 32.2. The molecule has 4 rings (SSSR count). The lowest BCUT2D eigenvalue weighted by molar-refractivity contribution is -0.119. The molecule has 0 spiro atoms. The summed E-state index contributed by atoms with van der Waals surface area (Å²) in [6.07, 6.45) is 3.01. The summed E-state index contributed by atoms with van der Waals surface area (Å²) in [5.41, 5.74) is 0.918. The molecule has 31 heavy (non-hydrogen) atoms. The summed E-state index contributed by atoms with van der Waals surface area (Å²) >= 11 is 0. The normalized spacial score (nSPS) is 19.1. The minimum absolute atomic E-state index is 0.117. The molecule has 2 aliphatic rings. The zero-order chi connectivity index (χ0) is 22.0. The molecule has 1 heterocycles. The van der Waals surface area contributed by atoms with Crippen LogP contribution in [0.25, 0.3) is 0 Å². The number of benzene rings is 2. The first kappa shape index (κ1) is 21.3. The Morgan fingerprint density at radius 1 is 1.06 bits per heavy atom. The first-order valence-electron chi connectivity index (χ1n) is 10.3. The summed E-state index contributed by atoms with van der Waals surface area (Å²) in [5, 5.41) is 5.69. The van der Waals surface area contributed by atoms with Gasteiger partial charge in [0, 0.05) is 23.8 Å². The number of hydrogen-bond donors (Lipinski definition) is 2. The number of carbonyl (C=O) groups excluding carboxylic acids is 2. The molecule has 1 aliphatic heterocycles. The average Bonchev–Trinajstić information content (AvgIpc) is 3.44. The van der Waals surface area contributed by atoms with Crippen molar-refractivity contribution < 1.29 is 22.7 Å². The number of nitrogens with one attached hydrogen (secondary N) is 2. The van der Waals surface area contributed by atoms with Gasteiger partial charge in [0.2, 0.25) is 15.9 Å². The summed E-state index contributed by atoms with van der Waals surface area (Å²) in [4.78, 5) is 25.3. The molecular weight excluding hydrogens is 418 g/mol. The van der Waals surface area contributed by atoms with Gasteiger partial charge in [0.25, 0.3) is 5.91 Å². The first-order valence-corrected chi connectivity index (χ1v) is 11.7. The molecule has 0 aromatic heterocycles. The van der Waals surface area contributed by atoms with E-state index in [0.29, 0.717) is 29.8 Å². The van der Waals surface area contributed by atoms with Gasteiger partial charge >= 0.3 is 0 Å². The number of anilines is 1. The summed E-state index contributed by atoms with van der Waals surface area (Å²) in [6, 6.07) is 12.2. The first-order chi connectivity index (χ1) is 14.9. The van der Waals surface area contributed by atoms with E-state index in [1.807, 2.05) is 0 Å².